The van der Waals surface area contributed by atoms with Gasteiger partial charge in [0.1, 0.15) is 17.2 Å². The second kappa shape index (κ2) is 9.52. The molecule has 166 valence electrons. The van der Waals surface area contributed by atoms with E-state index in [0.29, 0.717) is 36.0 Å². The van der Waals surface area contributed by atoms with Gasteiger partial charge in [0, 0.05) is 13.1 Å². The Morgan fingerprint density at radius 2 is 1.50 bits per heavy atom. The minimum atomic E-state index is -3.71. The molecule has 0 aromatic heterocycles. The molecule has 1 aliphatic heterocycles. The van der Waals surface area contributed by atoms with E-state index in [4.69, 9.17) is 14.2 Å². The molecule has 4 rings (SSSR count). The number of ether oxygens (including phenoxy) is 3. The third-order valence-corrected chi connectivity index (χ3v) is 6.94. The van der Waals surface area contributed by atoms with Gasteiger partial charge in [0.05, 0.1) is 23.7 Å². The maximum absolute atomic E-state index is 12.9. The monoisotopic (exact) mass is 453 g/mol. The summed E-state index contributed by atoms with van der Waals surface area (Å²) in [5.41, 5.74) is 0.823. The van der Waals surface area contributed by atoms with E-state index in [1.54, 1.807) is 37.3 Å². The molecule has 0 atom stereocenters. The van der Waals surface area contributed by atoms with E-state index >= 15 is 0 Å². The molecule has 1 fully saturated rings. The van der Waals surface area contributed by atoms with Crippen molar-refractivity contribution in [1.82, 2.24) is 4.31 Å². The first-order valence-corrected chi connectivity index (χ1v) is 11.6. The van der Waals surface area contributed by atoms with Crippen LogP contribution in [0.3, 0.4) is 0 Å². The van der Waals surface area contributed by atoms with E-state index in [1.165, 1.54) is 16.4 Å². The summed E-state index contributed by atoms with van der Waals surface area (Å²) in [6.07, 6.45) is 0. The van der Waals surface area contributed by atoms with Gasteiger partial charge in [-0.25, -0.2) is 13.2 Å². The van der Waals surface area contributed by atoms with Crippen LogP contribution in [0.15, 0.2) is 77.7 Å². The van der Waals surface area contributed by atoms with Crippen LogP contribution in [-0.2, 0) is 14.8 Å². The van der Waals surface area contributed by atoms with Crippen LogP contribution in [0.4, 0.5) is 0 Å². The lowest BCUT2D eigenvalue weighted by Gasteiger charge is -2.26. The predicted molar refractivity (Wildman–Crippen MR) is 119 cm³/mol. The fourth-order valence-corrected chi connectivity index (χ4v) is 4.71. The maximum Gasteiger partial charge on any atom is 0.343 e. The van der Waals surface area contributed by atoms with E-state index in [1.807, 2.05) is 30.3 Å². The Hall–Kier alpha value is -3.20. The van der Waals surface area contributed by atoms with Crippen molar-refractivity contribution in [3.05, 3.63) is 83.9 Å². The first-order valence-electron chi connectivity index (χ1n) is 10.2. The van der Waals surface area contributed by atoms with Gasteiger partial charge >= 0.3 is 5.97 Å². The topological polar surface area (TPSA) is 82.1 Å². The third kappa shape index (κ3) is 4.99. The summed E-state index contributed by atoms with van der Waals surface area (Å²) in [5.74, 6) is 1.01. The van der Waals surface area contributed by atoms with E-state index in [0.717, 1.165) is 0 Å². The summed E-state index contributed by atoms with van der Waals surface area (Å²) in [4.78, 5) is 12.8. The summed E-state index contributed by atoms with van der Waals surface area (Å²) in [7, 11) is -3.71. The van der Waals surface area contributed by atoms with Crippen LogP contribution in [-0.4, -0.2) is 45.0 Å². The van der Waals surface area contributed by atoms with Crippen LogP contribution in [0.1, 0.15) is 15.9 Å². The Labute approximate surface area is 187 Å². The van der Waals surface area contributed by atoms with Gasteiger partial charge in [-0.3, -0.25) is 0 Å². The molecule has 3 aromatic rings. The van der Waals surface area contributed by atoms with Crippen LogP contribution in [0.25, 0.3) is 0 Å². The van der Waals surface area contributed by atoms with Crippen molar-refractivity contribution in [2.75, 3.05) is 26.3 Å². The van der Waals surface area contributed by atoms with Crippen molar-refractivity contribution >= 4 is 16.0 Å². The van der Waals surface area contributed by atoms with Gasteiger partial charge in [-0.1, -0.05) is 24.3 Å². The molecule has 0 bridgehead atoms. The number of benzene rings is 3. The molecule has 1 saturated heterocycles. The third-order valence-electron chi connectivity index (χ3n) is 5.05. The lowest BCUT2D eigenvalue weighted by molar-refractivity contribution is 0.0727. The summed E-state index contributed by atoms with van der Waals surface area (Å²) in [6.45, 7) is 3.01. The molecular weight excluding hydrogens is 430 g/mol. The highest BCUT2D eigenvalue weighted by molar-refractivity contribution is 7.89. The zero-order chi connectivity index (χ0) is 22.6. The van der Waals surface area contributed by atoms with E-state index in [9.17, 15) is 13.2 Å². The smallest absolute Gasteiger partial charge is 0.343 e. The quantitative estimate of drug-likeness (QED) is 0.414. The van der Waals surface area contributed by atoms with Crippen LogP contribution in [0.2, 0.25) is 0 Å². The SMILES string of the molecule is Cc1ccc(S(=O)(=O)N2CCOCC2)cc1C(=O)Oc1ccc(Oc2ccccc2)cc1. The average molecular weight is 454 g/mol. The van der Waals surface area contributed by atoms with Gasteiger partial charge < -0.3 is 14.2 Å². The number of para-hydroxylation sites is 1. The lowest BCUT2D eigenvalue weighted by atomic mass is 10.1. The standard InChI is InChI=1S/C24H23NO6S/c1-18-7-12-22(32(27,28)25-13-15-29-16-14-25)17-23(18)24(26)31-21-10-8-20(9-11-21)30-19-5-3-2-4-6-19/h2-12,17H,13-16H2,1H3. The van der Waals surface area contributed by atoms with Crippen molar-refractivity contribution in [3.8, 4) is 17.2 Å². The van der Waals surface area contributed by atoms with Crippen LogP contribution in [0.5, 0.6) is 17.2 Å². The zero-order valence-corrected chi connectivity index (χ0v) is 18.4. The molecular formula is C24H23NO6S. The Balaban J connectivity index is 1.49. The highest BCUT2D eigenvalue weighted by Crippen LogP contribution is 2.25. The molecule has 0 unspecified atom stereocenters. The number of esters is 1. The lowest BCUT2D eigenvalue weighted by Crippen LogP contribution is -2.40. The largest absolute Gasteiger partial charge is 0.457 e. The second-order valence-electron chi connectivity index (χ2n) is 7.27. The van der Waals surface area contributed by atoms with Crippen molar-refractivity contribution in [2.24, 2.45) is 0 Å². The van der Waals surface area contributed by atoms with Crippen LogP contribution < -0.4 is 9.47 Å². The molecule has 1 aliphatic rings. The number of aryl methyl sites for hydroxylation is 1. The number of morpholine rings is 1. The number of hydrogen-bond donors (Lipinski definition) is 0. The van der Waals surface area contributed by atoms with Gasteiger partial charge in [0.15, 0.2) is 0 Å². The fourth-order valence-electron chi connectivity index (χ4n) is 3.28. The normalized spacial score (nSPS) is 14.7. The molecule has 0 radical (unpaired) electrons. The van der Waals surface area contributed by atoms with Gasteiger partial charge in [-0.05, 0) is 61.0 Å². The highest BCUT2D eigenvalue weighted by Gasteiger charge is 2.27. The fraction of sp³-hybridized carbons (Fsp3) is 0.208. The molecule has 3 aromatic carbocycles. The number of rotatable bonds is 6. The first-order chi connectivity index (χ1) is 15.4. The molecule has 1 heterocycles. The molecule has 0 saturated carbocycles. The van der Waals surface area contributed by atoms with E-state index in [-0.39, 0.29) is 23.5 Å². The molecule has 32 heavy (non-hydrogen) atoms. The minimum absolute atomic E-state index is 0.0589. The van der Waals surface area contributed by atoms with Crippen molar-refractivity contribution in [2.45, 2.75) is 11.8 Å². The van der Waals surface area contributed by atoms with Crippen molar-refractivity contribution in [3.63, 3.8) is 0 Å². The molecule has 0 aliphatic carbocycles. The maximum atomic E-state index is 12.9. The number of carbonyl (C=O) groups excluding carboxylic acids is 1. The summed E-state index contributed by atoms with van der Waals surface area (Å²) >= 11 is 0. The Kier molecular flexibility index (Phi) is 6.55. The van der Waals surface area contributed by atoms with Gasteiger partial charge in [0.25, 0.3) is 0 Å². The number of nitrogens with zero attached hydrogens (tertiary/aromatic N) is 1. The Morgan fingerprint density at radius 1 is 0.875 bits per heavy atom. The van der Waals surface area contributed by atoms with E-state index < -0.39 is 16.0 Å². The number of hydrogen-bond acceptors (Lipinski definition) is 6. The minimum Gasteiger partial charge on any atom is -0.457 e. The van der Waals surface area contributed by atoms with Crippen LogP contribution in [0, 0.1) is 6.92 Å². The zero-order valence-electron chi connectivity index (χ0n) is 17.6. The second-order valence-corrected chi connectivity index (χ2v) is 9.21. The molecule has 0 spiro atoms. The number of carbonyl (C=O) groups is 1. The van der Waals surface area contributed by atoms with Gasteiger partial charge in [-0.2, -0.15) is 4.31 Å². The van der Waals surface area contributed by atoms with E-state index in [2.05, 4.69) is 0 Å². The molecule has 0 N–H and O–H groups in total. The summed E-state index contributed by atoms with van der Waals surface area (Å²) in [5, 5.41) is 0. The van der Waals surface area contributed by atoms with Crippen molar-refractivity contribution in [1.29, 1.82) is 0 Å². The number of sulfonamides is 1. The van der Waals surface area contributed by atoms with Gasteiger partial charge in [-0.15, -0.1) is 0 Å². The van der Waals surface area contributed by atoms with Gasteiger partial charge in [0.2, 0.25) is 10.0 Å². The predicted octanol–water partition coefficient (Wildman–Crippen LogP) is 4.03. The first kappa shape index (κ1) is 22.0. The molecule has 8 heteroatoms. The summed E-state index contributed by atoms with van der Waals surface area (Å²) < 4.78 is 43.6. The van der Waals surface area contributed by atoms with Crippen LogP contribution >= 0.6 is 0 Å². The molecule has 0 amide bonds. The highest BCUT2D eigenvalue weighted by atomic mass is 32.2. The molecule has 7 nitrogen and oxygen atoms in total. The average Bonchev–Trinajstić information content (AvgIpc) is 2.82. The Morgan fingerprint density at radius 3 is 2.19 bits per heavy atom. The summed E-state index contributed by atoms with van der Waals surface area (Å²) in [6, 6.07) is 20.5. The van der Waals surface area contributed by atoms with Crippen molar-refractivity contribution < 1.29 is 27.4 Å². The Bertz CT molecular complexity index is 1190.